The summed E-state index contributed by atoms with van der Waals surface area (Å²) in [5, 5.41) is 6.64. The van der Waals surface area contributed by atoms with Crippen LogP contribution in [0.2, 0.25) is 0 Å². The molecule has 0 aliphatic carbocycles. The average Bonchev–Trinajstić information content (AvgIpc) is 3.39. The van der Waals surface area contributed by atoms with Crippen molar-refractivity contribution in [3.05, 3.63) is 60.1 Å². The van der Waals surface area contributed by atoms with Crippen LogP contribution in [-0.4, -0.2) is 48.6 Å². The fourth-order valence-electron chi connectivity index (χ4n) is 3.55. The summed E-state index contributed by atoms with van der Waals surface area (Å²) < 4.78 is 2.03. The number of imidazole rings is 1. The van der Waals surface area contributed by atoms with E-state index in [-0.39, 0.29) is 11.8 Å². The first-order valence-electron chi connectivity index (χ1n) is 9.04. The van der Waals surface area contributed by atoms with E-state index in [9.17, 15) is 4.79 Å². The zero-order valence-electron chi connectivity index (χ0n) is 14.8. The first-order valence-corrected chi connectivity index (χ1v) is 9.04. The molecule has 134 valence electrons. The molecule has 0 bridgehead atoms. The number of nitrogens with zero attached hydrogens (tertiary/aromatic N) is 5. The van der Waals surface area contributed by atoms with E-state index in [0.29, 0.717) is 12.2 Å². The van der Waals surface area contributed by atoms with Crippen molar-refractivity contribution < 1.29 is 4.79 Å². The molecule has 3 aromatic heterocycles. The Morgan fingerprint density at radius 1 is 1.31 bits per heavy atom. The number of nitrogens with one attached hydrogen (secondary N) is 1. The highest BCUT2D eigenvalue weighted by atomic mass is 16.2. The van der Waals surface area contributed by atoms with Gasteiger partial charge in [-0.2, -0.15) is 5.10 Å². The molecule has 1 atom stereocenters. The number of aryl methyl sites for hydroxylation is 1. The molecule has 1 aliphatic rings. The van der Waals surface area contributed by atoms with Gasteiger partial charge in [-0.15, -0.1) is 0 Å². The molecule has 7 nitrogen and oxygen atoms in total. The van der Waals surface area contributed by atoms with Gasteiger partial charge >= 0.3 is 0 Å². The van der Waals surface area contributed by atoms with Gasteiger partial charge in [0.05, 0.1) is 0 Å². The van der Waals surface area contributed by atoms with Gasteiger partial charge in [-0.1, -0.05) is 13.0 Å². The lowest BCUT2D eigenvalue weighted by Gasteiger charge is -2.32. The van der Waals surface area contributed by atoms with Crippen LogP contribution >= 0.6 is 0 Å². The van der Waals surface area contributed by atoms with Crippen LogP contribution in [-0.2, 0) is 6.42 Å². The second kappa shape index (κ2) is 7.11. The molecular weight excluding hydrogens is 328 g/mol. The summed E-state index contributed by atoms with van der Waals surface area (Å²) in [5.74, 6) is 2.12. The van der Waals surface area contributed by atoms with Crippen molar-refractivity contribution in [2.75, 3.05) is 13.1 Å². The second-order valence-corrected chi connectivity index (χ2v) is 6.55. The van der Waals surface area contributed by atoms with Gasteiger partial charge in [0.15, 0.2) is 0 Å². The molecule has 1 fully saturated rings. The molecule has 7 heteroatoms. The van der Waals surface area contributed by atoms with Gasteiger partial charge in [-0.05, 0) is 31.0 Å². The first kappa shape index (κ1) is 16.5. The van der Waals surface area contributed by atoms with Crippen LogP contribution in [0.25, 0.3) is 5.82 Å². The van der Waals surface area contributed by atoms with Gasteiger partial charge in [0.25, 0.3) is 5.91 Å². The summed E-state index contributed by atoms with van der Waals surface area (Å²) in [6.07, 6.45) is 8.22. The van der Waals surface area contributed by atoms with Gasteiger partial charge in [0.1, 0.15) is 17.3 Å². The molecule has 4 heterocycles. The van der Waals surface area contributed by atoms with Crippen molar-refractivity contribution in [3.8, 4) is 5.82 Å². The molecule has 0 radical (unpaired) electrons. The van der Waals surface area contributed by atoms with Crippen molar-refractivity contribution in [2.45, 2.75) is 32.1 Å². The molecule has 1 unspecified atom stereocenters. The molecule has 0 aromatic carbocycles. The summed E-state index contributed by atoms with van der Waals surface area (Å²) in [4.78, 5) is 23.7. The van der Waals surface area contributed by atoms with E-state index in [2.05, 4.69) is 28.2 Å². The molecule has 1 N–H and O–H groups in total. The van der Waals surface area contributed by atoms with Gasteiger partial charge in [-0.3, -0.25) is 14.5 Å². The van der Waals surface area contributed by atoms with Crippen molar-refractivity contribution in [1.82, 2.24) is 29.6 Å². The monoisotopic (exact) mass is 350 g/mol. The molecule has 0 saturated carbocycles. The van der Waals surface area contributed by atoms with Crippen LogP contribution in [0, 0.1) is 0 Å². The van der Waals surface area contributed by atoms with Gasteiger partial charge < -0.3 is 4.90 Å². The third kappa shape index (κ3) is 3.12. The lowest BCUT2D eigenvalue weighted by molar-refractivity contribution is 0.0700. The van der Waals surface area contributed by atoms with E-state index in [1.807, 2.05) is 27.8 Å². The average molecular weight is 350 g/mol. The highest BCUT2D eigenvalue weighted by molar-refractivity contribution is 5.92. The zero-order valence-corrected chi connectivity index (χ0v) is 14.8. The number of carbonyl (C=O) groups is 1. The van der Waals surface area contributed by atoms with Crippen molar-refractivity contribution in [3.63, 3.8) is 0 Å². The number of hydrogen-bond acceptors (Lipinski definition) is 4. The number of aromatic amines is 1. The summed E-state index contributed by atoms with van der Waals surface area (Å²) >= 11 is 0. The number of H-pyrrole nitrogens is 1. The molecule has 3 aromatic rings. The standard InChI is InChI=1S/C19H22N6O/c1-2-17-20-10-12-25(17)18-7-3-6-15(22-18)14-5-4-11-24(13-14)19(26)16-8-9-21-23-16/h3,6-10,12,14H,2,4-5,11,13H2,1H3,(H,21,23). The number of carbonyl (C=O) groups excluding carboxylic acids is 1. The minimum Gasteiger partial charge on any atom is -0.337 e. The zero-order chi connectivity index (χ0) is 17.9. The predicted octanol–water partition coefficient (Wildman–Crippen LogP) is 2.57. The number of piperidine rings is 1. The minimum atomic E-state index is 0.00577. The molecular formula is C19H22N6O. The molecule has 0 spiro atoms. The van der Waals surface area contributed by atoms with Gasteiger partial charge in [0.2, 0.25) is 0 Å². The highest BCUT2D eigenvalue weighted by Gasteiger charge is 2.27. The Kier molecular flexibility index (Phi) is 4.51. The van der Waals surface area contributed by atoms with Crippen LogP contribution in [0.15, 0.2) is 42.9 Å². The van der Waals surface area contributed by atoms with Gasteiger partial charge in [-0.25, -0.2) is 9.97 Å². The van der Waals surface area contributed by atoms with Crippen molar-refractivity contribution in [2.24, 2.45) is 0 Å². The maximum Gasteiger partial charge on any atom is 0.271 e. The van der Waals surface area contributed by atoms with E-state index in [1.165, 1.54) is 0 Å². The second-order valence-electron chi connectivity index (χ2n) is 6.55. The number of pyridine rings is 1. The lowest BCUT2D eigenvalue weighted by Crippen LogP contribution is -2.39. The van der Waals surface area contributed by atoms with E-state index >= 15 is 0 Å². The Morgan fingerprint density at radius 2 is 2.23 bits per heavy atom. The number of amides is 1. The molecule has 4 rings (SSSR count). The quantitative estimate of drug-likeness (QED) is 0.784. The Bertz CT molecular complexity index is 885. The normalized spacial score (nSPS) is 17.4. The summed E-state index contributed by atoms with van der Waals surface area (Å²) in [6, 6.07) is 7.81. The van der Waals surface area contributed by atoms with E-state index < -0.39 is 0 Å². The Labute approximate surface area is 152 Å². The Morgan fingerprint density at radius 3 is 3.04 bits per heavy atom. The third-order valence-corrected chi connectivity index (χ3v) is 4.89. The Balaban J connectivity index is 1.56. The molecule has 1 saturated heterocycles. The number of rotatable bonds is 4. The topological polar surface area (TPSA) is 79.7 Å². The minimum absolute atomic E-state index is 0.00577. The first-order chi connectivity index (χ1) is 12.8. The van der Waals surface area contributed by atoms with E-state index in [4.69, 9.17) is 4.98 Å². The maximum atomic E-state index is 12.6. The van der Waals surface area contributed by atoms with Crippen LogP contribution in [0.4, 0.5) is 0 Å². The van der Waals surface area contributed by atoms with E-state index in [0.717, 1.165) is 43.1 Å². The summed E-state index contributed by atoms with van der Waals surface area (Å²) in [7, 11) is 0. The molecule has 1 aliphatic heterocycles. The summed E-state index contributed by atoms with van der Waals surface area (Å²) in [5.41, 5.74) is 1.57. The van der Waals surface area contributed by atoms with Crippen LogP contribution in [0.5, 0.6) is 0 Å². The smallest absolute Gasteiger partial charge is 0.271 e. The third-order valence-electron chi connectivity index (χ3n) is 4.89. The fraction of sp³-hybridized carbons (Fsp3) is 0.368. The SMILES string of the molecule is CCc1nccn1-c1cccc(C2CCCN(C(=O)c3ccn[nH]3)C2)n1. The highest BCUT2D eigenvalue weighted by Crippen LogP contribution is 2.27. The predicted molar refractivity (Wildman–Crippen MR) is 97.2 cm³/mol. The molecule has 1 amide bonds. The van der Waals surface area contributed by atoms with Crippen LogP contribution in [0.3, 0.4) is 0 Å². The van der Waals surface area contributed by atoms with E-state index in [1.54, 1.807) is 18.5 Å². The summed E-state index contributed by atoms with van der Waals surface area (Å²) in [6.45, 7) is 3.54. The lowest BCUT2D eigenvalue weighted by atomic mass is 9.94. The fourth-order valence-corrected chi connectivity index (χ4v) is 3.55. The van der Waals surface area contributed by atoms with Gasteiger partial charge in [0, 0.05) is 49.7 Å². The van der Waals surface area contributed by atoms with Crippen molar-refractivity contribution >= 4 is 5.91 Å². The largest absolute Gasteiger partial charge is 0.337 e. The number of hydrogen-bond donors (Lipinski definition) is 1. The maximum absolute atomic E-state index is 12.6. The molecule has 26 heavy (non-hydrogen) atoms. The number of aromatic nitrogens is 5. The van der Waals surface area contributed by atoms with Crippen molar-refractivity contribution in [1.29, 1.82) is 0 Å². The van der Waals surface area contributed by atoms with Crippen LogP contribution < -0.4 is 0 Å². The Hall–Kier alpha value is -2.96. The number of likely N-dealkylation sites (tertiary alicyclic amines) is 1. The van der Waals surface area contributed by atoms with Crippen LogP contribution in [0.1, 0.15) is 47.7 Å².